The van der Waals surface area contributed by atoms with E-state index < -0.39 is 5.60 Å². The zero-order valence-corrected chi connectivity index (χ0v) is 9.78. The normalized spacial score (nSPS) is 30.0. The highest BCUT2D eigenvalue weighted by atomic mass is 16.3. The number of hydrogen-bond donors (Lipinski definition) is 1. The average Bonchev–Trinajstić information content (AvgIpc) is 1.79. The summed E-state index contributed by atoms with van der Waals surface area (Å²) in [6.45, 7) is 11.2. The van der Waals surface area contributed by atoms with Crippen LogP contribution in [0.2, 0.25) is 0 Å². The second-order valence-electron chi connectivity index (χ2n) is 6.44. The number of aliphatic hydroxyl groups is 1. The molecule has 0 aromatic carbocycles. The molecule has 13 heavy (non-hydrogen) atoms. The Morgan fingerprint density at radius 1 is 0.923 bits per heavy atom. The van der Waals surface area contributed by atoms with E-state index in [9.17, 15) is 5.11 Å². The molecule has 0 heterocycles. The van der Waals surface area contributed by atoms with Gasteiger partial charge in [-0.25, -0.2) is 0 Å². The Balaban J connectivity index is 2.84. The molecular weight excluding hydrogens is 160 g/mol. The molecule has 0 radical (unpaired) electrons. The lowest BCUT2D eigenvalue weighted by Gasteiger charge is -2.49. The van der Waals surface area contributed by atoms with E-state index in [-0.39, 0.29) is 0 Å². The minimum Gasteiger partial charge on any atom is -0.390 e. The fraction of sp³-hybridized carbons (Fsp3) is 1.00. The fourth-order valence-corrected chi connectivity index (χ4v) is 3.51. The minimum atomic E-state index is -0.411. The van der Waals surface area contributed by atoms with Crippen LogP contribution in [0, 0.1) is 10.8 Å². The molecule has 0 spiro atoms. The first-order valence-corrected chi connectivity index (χ1v) is 5.41. The van der Waals surface area contributed by atoms with E-state index in [1.54, 1.807) is 0 Å². The predicted molar refractivity (Wildman–Crippen MR) is 56.7 cm³/mol. The third-order valence-electron chi connectivity index (χ3n) is 3.23. The lowest BCUT2D eigenvalue weighted by molar-refractivity contribution is -0.0876. The van der Waals surface area contributed by atoms with Gasteiger partial charge in [0, 0.05) is 0 Å². The van der Waals surface area contributed by atoms with E-state index in [0.29, 0.717) is 10.8 Å². The van der Waals surface area contributed by atoms with E-state index in [0.717, 1.165) is 19.3 Å². The molecule has 0 amide bonds. The van der Waals surface area contributed by atoms with Gasteiger partial charge in [-0.05, 0) is 36.5 Å². The molecule has 0 unspecified atom stereocenters. The van der Waals surface area contributed by atoms with Gasteiger partial charge in [0.1, 0.15) is 0 Å². The Hall–Kier alpha value is -0.0400. The molecule has 1 saturated carbocycles. The summed E-state index contributed by atoms with van der Waals surface area (Å²) in [7, 11) is 0. The maximum absolute atomic E-state index is 10.4. The van der Waals surface area contributed by atoms with Crippen LogP contribution in [-0.2, 0) is 0 Å². The smallest absolute Gasteiger partial charge is 0.0655 e. The van der Waals surface area contributed by atoms with Crippen molar-refractivity contribution in [2.75, 3.05) is 0 Å². The molecule has 1 nitrogen and oxygen atoms in total. The third-order valence-corrected chi connectivity index (χ3v) is 3.23. The van der Waals surface area contributed by atoms with E-state index in [1.807, 2.05) is 0 Å². The molecule has 0 aromatic heterocycles. The third kappa shape index (κ3) is 2.70. The monoisotopic (exact) mass is 184 g/mol. The van der Waals surface area contributed by atoms with Gasteiger partial charge in [-0.1, -0.05) is 34.6 Å². The molecule has 1 N–H and O–H groups in total. The van der Waals surface area contributed by atoms with Gasteiger partial charge in [-0.15, -0.1) is 0 Å². The van der Waals surface area contributed by atoms with Crippen molar-refractivity contribution < 1.29 is 5.11 Å². The van der Waals surface area contributed by atoms with Gasteiger partial charge >= 0.3 is 0 Å². The van der Waals surface area contributed by atoms with Crippen molar-refractivity contribution >= 4 is 0 Å². The second-order valence-corrected chi connectivity index (χ2v) is 6.44. The van der Waals surface area contributed by atoms with Gasteiger partial charge < -0.3 is 5.11 Å². The predicted octanol–water partition coefficient (Wildman–Crippen LogP) is 3.36. The van der Waals surface area contributed by atoms with E-state index in [2.05, 4.69) is 34.6 Å². The first-order chi connectivity index (χ1) is 5.68. The molecule has 1 heteroatoms. The van der Waals surface area contributed by atoms with Crippen molar-refractivity contribution in [3.63, 3.8) is 0 Å². The summed E-state index contributed by atoms with van der Waals surface area (Å²) < 4.78 is 0. The van der Waals surface area contributed by atoms with E-state index in [4.69, 9.17) is 0 Å². The largest absolute Gasteiger partial charge is 0.390 e. The lowest BCUT2D eigenvalue weighted by atomic mass is 9.59. The lowest BCUT2D eigenvalue weighted by Crippen LogP contribution is -2.45. The molecule has 0 aromatic rings. The molecule has 0 saturated heterocycles. The average molecular weight is 184 g/mol. The van der Waals surface area contributed by atoms with Gasteiger partial charge in [0.15, 0.2) is 0 Å². The topological polar surface area (TPSA) is 20.2 Å². The SMILES string of the molecule is CCC1(O)CC(C)(C)CC(C)(C)C1. The van der Waals surface area contributed by atoms with Crippen molar-refractivity contribution in [3.8, 4) is 0 Å². The Morgan fingerprint density at radius 2 is 1.31 bits per heavy atom. The molecule has 1 aliphatic carbocycles. The van der Waals surface area contributed by atoms with Crippen molar-refractivity contribution in [1.82, 2.24) is 0 Å². The maximum atomic E-state index is 10.4. The Morgan fingerprint density at radius 3 is 1.62 bits per heavy atom. The Bertz CT molecular complexity index is 175. The van der Waals surface area contributed by atoms with Crippen molar-refractivity contribution in [3.05, 3.63) is 0 Å². The zero-order valence-electron chi connectivity index (χ0n) is 9.78. The van der Waals surface area contributed by atoms with Crippen LogP contribution in [-0.4, -0.2) is 10.7 Å². The van der Waals surface area contributed by atoms with Crippen LogP contribution in [0.4, 0.5) is 0 Å². The van der Waals surface area contributed by atoms with Crippen LogP contribution >= 0.6 is 0 Å². The quantitative estimate of drug-likeness (QED) is 0.662. The van der Waals surface area contributed by atoms with Crippen LogP contribution in [0.3, 0.4) is 0 Å². The summed E-state index contributed by atoms with van der Waals surface area (Å²) in [5.41, 5.74) is 0.185. The summed E-state index contributed by atoms with van der Waals surface area (Å²) in [5.74, 6) is 0. The highest BCUT2D eigenvalue weighted by Crippen LogP contribution is 2.50. The van der Waals surface area contributed by atoms with Crippen LogP contribution < -0.4 is 0 Å². The fourth-order valence-electron chi connectivity index (χ4n) is 3.51. The summed E-state index contributed by atoms with van der Waals surface area (Å²) >= 11 is 0. The first-order valence-electron chi connectivity index (χ1n) is 5.41. The summed E-state index contributed by atoms with van der Waals surface area (Å²) in [6, 6.07) is 0. The molecule has 0 bridgehead atoms. The molecular formula is C12H24O. The summed E-state index contributed by atoms with van der Waals surface area (Å²) in [5, 5.41) is 10.4. The van der Waals surface area contributed by atoms with Gasteiger partial charge in [0.2, 0.25) is 0 Å². The maximum Gasteiger partial charge on any atom is 0.0655 e. The Kier molecular flexibility index (Phi) is 2.53. The van der Waals surface area contributed by atoms with Crippen molar-refractivity contribution in [1.29, 1.82) is 0 Å². The molecule has 1 rings (SSSR count). The van der Waals surface area contributed by atoms with Gasteiger partial charge in [0.05, 0.1) is 5.60 Å². The highest BCUT2D eigenvalue weighted by molar-refractivity contribution is 4.96. The molecule has 1 aliphatic rings. The highest BCUT2D eigenvalue weighted by Gasteiger charge is 2.45. The van der Waals surface area contributed by atoms with Crippen LogP contribution in [0.15, 0.2) is 0 Å². The molecule has 78 valence electrons. The van der Waals surface area contributed by atoms with Crippen LogP contribution in [0.25, 0.3) is 0 Å². The van der Waals surface area contributed by atoms with Crippen molar-refractivity contribution in [2.24, 2.45) is 10.8 Å². The van der Waals surface area contributed by atoms with Gasteiger partial charge in [-0.3, -0.25) is 0 Å². The molecule has 1 fully saturated rings. The molecule has 0 aliphatic heterocycles. The van der Waals surface area contributed by atoms with Gasteiger partial charge in [0.25, 0.3) is 0 Å². The van der Waals surface area contributed by atoms with Gasteiger partial charge in [-0.2, -0.15) is 0 Å². The summed E-state index contributed by atoms with van der Waals surface area (Å²) in [6.07, 6.45) is 4.03. The summed E-state index contributed by atoms with van der Waals surface area (Å²) in [4.78, 5) is 0. The molecule has 0 atom stereocenters. The number of hydrogen-bond acceptors (Lipinski definition) is 1. The van der Waals surface area contributed by atoms with E-state index >= 15 is 0 Å². The number of rotatable bonds is 1. The van der Waals surface area contributed by atoms with E-state index in [1.165, 1.54) is 6.42 Å². The van der Waals surface area contributed by atoms with Crippen LogP contribution in [0.5, 0.6) is 0 Å². The first kappa shape index (κ1) is 11.0. The Labute approximate surface area is 82.5 Å². The minimum absolute atomic E-state index is 0.298. The second kappa shape index (κ2) is 2.98. The zero-order chi connectivity index (χ0) is 10.3. The standard InChI is InChI=1S/C12H24O/c1-6-12(13)8-10(2,3)7-11(4,5)9-12/h13H,6-9H2,1-5H3. The van der Waals surface area contributed by atoms with Crippen LogP contribution in [0.1, 0.15) is 60.3 Å². The van der Waals surface area contributed by atoms with Crippen molar-refractivity contribution in [2.45, 2.75) is 65.9 Å².